The molecule has 3 amide bonds. The number of aromatic nitrogens is 1. The Morgan fingerprint density at radius 3 is 2.92 bits per heavy atom. The maximum Gasteiger partial charge on any atom is 0.286 e. The zero-order valence-electron chi connectivity index (χ0n) is 13.4. The van der Waals surface area contributed by atoms with Crippen molar-refractivity contribution in [3.8, 4) is 0 Å². The van der Waals surface area contributed by atoms with E-state index < -0.39 is 5.25 Å². The number of thiazole rings is 1. The van der Waals surface area contributed by atoms with Crippen LogP contribution < -0.4 is 5.32 Å². The summed E-state index contributed by atoms with van der Waals surface area (Å²) < 4.78 is 1.17. The van der Waals surface area contributed by atoms with Gasteiger partial charge in [0.15, 0.2) is 0 Å². The van der Waals surface area contributed by atoms with Gasteiger partial charge in [-0.1, -0.05) is 23.9 Å². The fourth-order valence-electron chi connectivity index (χ4n) is 3.29. The van der Waals surface area contributed by atoms with Gasteiger partial charge in [-0.2, -0.15) is 0 Å². The first kappa shape index (κ1) is 16.5. The average molecular weight is 375 g/mol. The van der Waals surface area contributed by atoms with Crippen molar-refractivity contribution in [1.29, 1.82) is 0 Å². The van der Waals surface area contributed by atoms with Crippen LogP contribution in [-0.2, 0) is 9.59 Å². The molecule has 2 aromatic rings. The van der Waals surface area contributed by atoms with E-state index in [-0.39, 0.29) is 29.4 Å². The van der Waals surface area contributed by atoms with Crippen LogP contribution in [0.3, 0.4) is 0 Å². The Bertz CT molecular complexity index is 818. The number of fused-ring (bicyclic) bond motifs is 1. The highest BCUT2D eigenvalue weighted by Crippen LogP contribution is 2.33. The second-order valence-electron chi connectivity index (χ2n) is 6.29. The van der Waals surface area contributed by atoms with Crippen LogP contribution in [-0.4, -0.2) is 45.3 Å². The monoisotopic (exact) mass is 375 g/mol. The number of nitrogens with zero attached hydrogens (tertiary/aromatic N) is 2. The number of hydrogen-bond donors (Lipinski definition) is 1. The summed E-state index contributed by atoms with van der Waals surface area (Å²) in [6, 6.07) is 8.06. The van der Waals surface area contributed by atoms with E-state index in [9.17, 15) is 14.4 Å². The molecular weight excluding hydrogens is 358 g/mol. The first-order valence-electron chi connectivity index (χ1n) is 8.25. The van der Waals surface area contributed by atoms with E-state index in [1.807, 2.05) is 23.1 Å². The summed E-state index contributed by atoms with van der Waals surface area (Å²) in [7, 11) is 0. The van der Waals surface area contributed by atoms with Gasteiger partial charge in [0, 0.05) is 25.4 Å². The molecule has 25 heavy (non-hydrogen) atoms. The number of para-hydroxylation sites is 1. The average Bonchev–Trinajstić information content (AvgIpc) is 3.18. The molecule has 1 aromatic heterocycles. The van der Waals surface area contributed by atoms with Gasteiger partial charge in [-0.3, -0.25) is 19.7 Å². The molecule has 0 bridgehead atoms. The third kappa shape index (κ3) is 3.41. The van der Waals surface area contributed by atoms with Gasteiger partial charge < -0.3 is 4.90 Å². The molecule has 8 heteroatoms. The summed E-state index contributed by atoms with van der Waals surface area (Å²) in [5.74, 6) is -0.182. The molecule has 1 aromatic carbocycles. The van der Waals surface area contributed by atoms with Gasteiger partial charge in [-0.15, -0.1) is 11.3 Å². The summed E-state index contributed by atoms with van der Waals surface area (Å²) in [4.78, 5) is 42.0. The molecule has 2 aliphatic heterocycles. The van der Waals surface area contributed by atoms with Crippen molar-refractivity contribution >= 4 is 50.4 Å². The van der Waals surface area contributed by atoms with Crippen LogP contribution in [0.4, 0.5) is 4.79 Å². The van der Waals surface area contributed by atoms with Gasteiger partial charge in [0.2, 0.25) is 11.8 Å². The van der Waals surface area contributed by atoms with Gasteiger partial charge in [-0.25, -0.2) is 4.98 Å². The molecule has 1 N–H and O–H groups in total. The maximum atomic E-state index is 12.6. The van der Waals surface area contributed by atoms with E-state index in [0.717, 1.165) is 35.1 Å². The van der Waals surface area contributed by atoms with Crippen molar-refractivity contribution < 1.29 is 14.4 Å². The van der Waals surface area contributed by atoms with Crippen molar-refractivity contribution in [2.24, 2.45) is 0 Å². The SMILES string of the molecule is O=C1NC(=O)[C@H](CC(=O)N2CCC[C@H](c3nc4ccccc4s3)C2)S1. The molecule has 3 heterocycles. The molecule has 0 unspecified atom stereocenters. The lowest BCUT2D eigenvalue weighted by Crippen LogP contribution is -2.41. The highest BCUT2D eigenvalue weighted by molar-refractivity contribution is 8.15. The van der Waals surface area contributed by atoms with Crippen LogP contribution in [0.25, 0.3) is 10.2 Å². The Morgan fingerprint density at radius 2 is 2.16 bits per heavy atom. The molecule has 2 atom stereocenters. The number of carbonyl (C=O) groups is 3. The Kier molecular flexibility index (Phi) is 4.47. The predicted molar refractivity (Wildman–Crippen MR) is 97.7 cm³/mol. The molecule has 2 aliphatic rings. The summed E-state index contributed by atoms with van der Waals surface area (Å²) >= 11 is 2.60. The Morgan fingerprint density at radius 1 is 1.32 bits per heavy atom. The molecule has 2 fully saturated rings. The number of likely N-dealkylation sites (tertiary alicyclic amines) is 1. The molecule has 0 aliphatic carbocycles. The number of piperidine rings is 1. The minimum Gasteiger partial charge on any atom is -0.342 e. The fraction of sp³-hybridized carbons (Fsp3) is 0.412. The lowest BCUT2D eigenvalue weighted by molar-refractivity contribution is -0.134. The zero-order valence-corrected chi connectivity index (χ0v) is 15.1. The smallest absolute Gasteiger partial charge is 0.286 e. The summed E-state index contributed by atoms with van der Waals surface area (Å²) in [6.07, 6.45) is 2.02. The van der Waals surface area contributed by atoms with Crippen molar-refractivity contribution in [3.63, 3.8) is 0 Å². The molecule has 130 valence electrons. The van der Waals surface area contributed by atoms with Crippen LogP contribution in [0.1, 0.15) is 30.2 Å². The van der Waals surface area contributed by atoms with E-state index in [4.69, 9.17) is 4.98 Å². The van der Waals surface area contributed by atoms with E-state index in [2.05, 4.69) is 11.4 Å². The van der Waals surface area contributed by atoms with Crippen molar-refractivity contribution in [2.75, 3.05) is 13.1 Å². The number of rotatable bonds is 3. The number of nitrogens with one attached hydrogen (secondary N) is 1. The Balaban J connectivity index is 1.44. The van der Waals surface area contributed by atoms with E-state index in [1.54, 1.807) is 11.3 Å². The van der Waals surface area contributed by atoms with Crippen LogP contribution >= 0.6 is 23.1 Å². The van der Waals surface area contributed by atoms with Crippen molar-refractivity contribution in [2.45, 2.75) is 30.4 Å². The van der Waals surface area contributed by atoms with Gasteiger partial charge in [0.25, 0.3) is 5.24 Å². The maximum absolute atomic E-state index is 12.6. The van der Waals surface area contributed by atoms with Gasteiger partial charge in [0.05, 0.1) is 15.2 Å². The highest BCUT2D eigenvalue weighted by atomic mass is 32.2. The largest absolute Gasteiger partial charge is 0.342 e. The number of hydrogen-bond acceptors (Lipinski definition) is 6. The number of imide groups is 1. The van der Waals surface area contributed by atoms with Gasteiger partial charge in [0.1, 0.15) is 5.25 Å². The second-order valence-corrected chi connectivity index (χ2v) is 8.52. The summed E-state index contributed by atoms with van der Waals surface area (Å²) in [5, 5.41) is 2.34. The van der Waals surface area contributed by atoms with Gasteiger partial charge in [-0.05, 0) is 25.0 Å². The molecule has 6 nitrogen and oxygen atoms in total. The van der Waals surface area contributed by atoms with Crippen LogP contribution in [0.2, 0.25) is 0 Å². The first-order valence-corrected chi connectivity index (χ1v) is 9.94. The standard InChI is InChI=1S/C17H17N3O3S2/c21-14(8-13-15(22)19-17(23)25-13)20-7-3-4-10(9-20)16-18-11-5-1-2-6-12(11)24-16/h1-2,5-6,10,13H,3-4,7-9H2,(H,19,22,23)/t10-,13-/m0/s1. The molecular formula is C17H17N3O3S2. The second kappa shape index (κ2) is 6.76. The van der Waals surface area contributed by atoms with Crippen LogP contribution in [0.15, 0.2) is 24.3 Å². The van der Waals surface area contributed by atoms with Crippen LogP contribution in [0, 0.1) is 0 Å². The zero-order chi connectivity index (χ0) is 17.4. The van der Waals surface area contributed by atoms with E-state index in [0.29, 0.717) is 13.1 Å². The Labute approximate surface area is 153 Å². The summed E-state index contributed by atoms with van der Waals surface area (Å²) in [6.45, 7) is 1.33. The van der Waals surface area contributed by atoms with Crippen molar-refractivity contribution in [1.82, 2.24) is 15.2 Å². The number of carbonyl (C=O) groups excluding carboxylic acids is 3. The summed E-state index contributed by atoms with van der Waals surface area (Å²) in [5.41, 5.74) is 1.00. The molecule has 2 saturated heterocycles. The van der Waals surface area contributed by atoms with E-state index in [1.165, 1.54) is 4.70 Å². The normalized spacial score (nSPS) is 23.9. The fourth-order valence-corrected chi connectivity index (χ4v) is 5.19. The van der Waals surface area contributed by atoms with Crippen LogP contribution in [0.5, 0.6) is 0 Å². The number of thioether (sulfide) groups is 1. The minimum absolute atomic E-state index is 0.0619. The molecule has 0 spiro atoms. The minimum atomic E-state index is -0.595. The lowest BCUT2D eigenvalue weighted by Gasteiger charge is -2.32. The lowest BCUT2D eigenvalue weighted by atomic mass is 9.98. The molecule has 0 saturated carbocycles. The van der Waals surface area contributed by atoms with Crippen molar-refractivity contribution in [3.05, 3.63) is 29.3 Å². The molecule has 4 rings (SSSR count). The topological polar surface area (TPSA) is 79.4 Å². The number of amides is 3. The van der Waals surface area contributed by atoms with Gasteiger partial charge >= 0.3 is 0 Å². The highest BCUT2D eigenvalue weighted by Gasteiger charge is 2.35. The first-order chi connectivity index (χ1) is 12.1. The number of benzene rings is 1. The predicted octanol–water partition coefficient (Wildman–Crippen LogP) is 2.74. The van der Waals surface area contributed by atoms with E-state index >= 15 is 0 Å². The quantitative estimate of drug-likeness (QED) is 0.892. The molecule has 0 radical (unpaired) electrons. The Hall–Kier alpha value is -1.93. The third-order valence-electron chi connectivity index (χ3n) is 4.56. The third-order valence-corrected chi connectivity index (χ3v) is 6.74.